The smallest absolute Gasteiger partial charge is 0.247 e. The maximum atomic E-state index is 13.9. The molecule has 0 radical (unpaired) electrons. The van der Waals surface area contributed by atoms with Gasteiger partial charge in [0.15, 0.2) is 6.04 Å². The summed E-state index contributed by atoms with van der Waals surface area (Å²) in [6.45, 7) is 4.04. The SMILES string of the molecule is CC1(C)NC(C23CC(N(Cc4ccc(Cl)cc4)S(=O)(=O)c4ccccc4)(C2)C3)=N[C@H]1C(=O)NC1CC(C(F)F)C1. The predicted octanol–water partition coefficient (Wildman–Crippen LogP) is 4.76. The summed E-state index contributed by atoms with van der Waals surface area (Å²) in [4.78, 5) is 18.1. The van der Waals surface area contributed by atoms with Crippen molar-refractivity contribution in [3.63, 3.8) is 0 Å². The van der Waals surface area contributed by atoms with Crippen molar-refractivity contribution < 1.29 is 22.0 Å². The second kappa shape index (κ2) is 9.49. The third-order valence-corrected chi connectivity index (χ3v) is 11.3. The highest BCUT2D eigenvalue weighted by molar-refractivity contribution is 7.89. The van der Waals surface area contributed by atoms with E-state index in [1.165, 1.54) is 0 Å². The van der Waals surface area contributed by atoms with Crippen molar-refractivity contribution in [1.82, 2.24) is 14.9 Å². The largest absolute Gasteiger partial charge is 0.366 e. The van der Waals surface area contributed by atoms with E-state index in [1.807, 2.05) is 26.0 Å². The molecule has 4 fully saturated rings. The van der Waals surface area contributed by atoms with E-state index in [0.717, 1.165) is 11.4 Å². The number of halogens is 3. The first kappa shape index (κ1) is 27.6. The number of hydrogen-bond donors (Lipinski definition) is 2. The van der Waals surface area contributed by atoms with Gasteiger partial charge >= 0.3 is 0 Å². The van der Waals surface area contributed by atoms with Crippen molar-refractivity contribution in [1.29, 1.82) is 0 Å². The molecule has 2 N–H and O–H groups in total. The van der Waals surface area contributed by atoms with Crippen molar-refractivity contribution in [2.75, 3.05) is 0 Å². The Morgan fingerprint density at radius 1 is 1.10 bits per heavy atom. The standard InChI is InChI=1S/C29H33ClF2N4O3S/c1-27(2)23(25(37)33-21-12-19(13-21)24(31)32)34-26(35-27)28-15-29(16-28,17-28)36(14-18-8-10-20(30)11-9-18)40(38,39)22-6-4-3-5-7-22/h3-11,19,21,23-24H,12-17H2,1-2H3,(H,33,37)(H,34,35)/t19?,21?,23-,28?,29?/m0/s1. The number of hydrogen-bond acceptors (Lipinski definition) is 5. The van der Waals surface area contributed by atoms with Gasteiger partial charge in [-0.25, -0.2) is 17.2 Å². The van der Waals surface area contributed by atoms with E-state index in [4.69, 9.17) is 16.6 Å². The van der Waals surface area contributed by atoms with Crippen molar-refractivity contribution in [2.45, 2.75) is 87.0 Å². The quantitative estimate of drug-likeness (QED) is 0.440. The summed E-state index contributed by atoms with van der Waals surface area (Å²) in [7, 11) is -3.79. The molecule has 0 saturated heterocycles. The molecule has 4 aliphatic carbocycles. The monoisotopic (exact) mass is 590 g/mol. The molecule has 7 nitrogen and oxygen atoms in total. The van der Waals surface area contributed by atoms with Gasteiger partial charge in [-0.05, 0) is 75.8 Å². The molecular formula is C29H33ClF2N4O3S. The van der Waals surface area contributed by atoms with Crippen LogP contribution in [0.1, 0.15) is 51.5 Å². The van der Waals surface area contributed by atoms with Gasteiger partial charge in [0.1, 0.15) is 5.84 Å². The molecule has 2 aromatic carbocycles. The van der Waals surface area contributed by atoms with Crippen LogP contribution >= 0.6 is 11.6 Å². The lowest BCUT2D eigenvalue weighted by molar-refractivity contribution is -0.151. The molecule has 4 saturated carbocycles. The van der Waals surface area contributed by atoms with Crippen molar-refractivity contribution >= 4 is 33.4 Å². The van der Waals surface area contributed by atoms with Crippen LogP contribution in [0.5, 0.6) is 0 Å². The minimum absolute atomic E-state index is 0.224. The molecule has 214 valence electrons. The second-order valence-corrected chi connectivity index (χ2v) is 14.8. The first-order chi connectivity index (χ1) is 18.8. The summed E-state index contributed by atoms with van der Waals surface area (Å²) in [5.41, 5.74) is -0.651. The Morgan fingerprint density at radius 2 is 1.73 bits per heavy atom. The Bertz CT molecular complexity index is 1420. The Kier molecular flexibility index (Phi) is 6.55. The molecule has 11 heteroatoms. The first-order valence-electron chi connectivity index (χ1n) is 13.6. The zero-order valence-corrected chi connectivity index (χ0v) is 24.0. The van der Waals surface area contributed by atoms with Crippen LogP contribution in [0.25, 0.3) is 0 Å². The third-order valence-electron chi connectivity index (χ3n) is 9.11. The second-order valence-electron chi connectivity index (χ2n) is 12.5. The molecule has 0 aromatic heterocycles. The van der Waals surface area contributed by atoms with Gasteiger partial charge in [0.05, 0.1) is 10.4 Å². The average molecular weight is 591 g/mol. The molecular weight excluding hydrogens is 558 g/mol. The summed E-state index contributed by atoms with van der Waals surface area (Å²) in [6.07, 6.45) is 0.0279. The topological polar surface area (TPSA) is 90.9 Å². The lowest BCUT2D eigenvalue weighted by atomic mass is 9.38. The van der Waals surface area contributed by atoms with E-state index >= 15 is 0 Å². The number of amidine groups is 1. The zero-order valence-electron chi connectivity index (χ0n) is 22.4. The van der Waals surface area contributed by atoms with Crippen molar-refractivity contribution in [2.24, 2.45) is 16.3 Å². The normalized spacial score (nSPS) is 32.0. The first-order valence-corrected chi connectivity index (χ1v) is 15.4. The van der Waals surface area contributed by atoms with Crippen LogP contribution in [-0.4, -0.2) is 54.1 Å². The maximum Gasteiger partial charge on any atom is 0.247 e. The predicted molar refractivity (Wildman–Crippen MR) is 149 cm³/mol. The Balaban J connectivity index is 1.20. The molecule has 2 bridgehead atoms. The van der Waals surface area contributed by atoms with Gasteiger partial charge in [-0.1, -0.05) is 41.9 Å². The average Bonchev–Trinajstić information content (AvgIpc) is 3.15. The summed E-state index contributed by atoms with van der Waals surface area (Å²) in [5, 5.41) is 6.93. The highest BCUT2D eigenvalue weighted by Crippen LogP contribution is 2.71. The third kappa shape index (κ3) is 4.52. The van der Waals surface area contributed by atoms with Crippen LogP contribution in [-0.2, 0) is 21.4 Å². The summed E-state index contributed by atoms with van der Waals surface area (Å²) < 4.78 is 55.1. The Morgan fingerprint density at radius 3 is 2.33 bits per heavy atom. The molecule has 1 amide bonds. The number of sulfonamides is 1. The van der Waals surface area contributed by atoms with Gasteiger partial charge in [0, 0.05) is 34.5 Å². The fourth-order valence-electron chi connectivity index (χ4n) is 6.85. The molecule has 1 aliphatic heterocycles. The van der Waals surface area contributed by atoms with Crippen LogP contribution in [0.2, 0.25) is 5.02 Å². The van der Waals surface area contributed by atoms with Crippen LogP contribution in [0.3, 0.4) is 0 Å². The number of nitrogens with zero attached hydrogens (tertiary/aromatic N) is 2. The van der Waals surface area contributed by atoms with Gasteiger partial charge < -0.3 is 10.6 Å². The molecule has 7 rings (SSSR count). The summed E-state index contributed by atoms with van der Waals surface area (Å²) >= 11 is 6.07. The van der Waals surface area contributed by atoms with Gasteiger partial charge in [-0.2, -0.15) is 4.31 Å². The molecule has 1 atom stereocenters. The van der Waals surface area contributed by atoms with Gasteiger partial charge in [0.2, 0.25) is 22.4 Å². The number of carbonyl (C=O) groups is 1. The summed E-state index contributed by atoms with van der Waals surface area (Å²) in [5.74, 6) is -0.177. The highest BCUT2D eigenvalue weighted by Gasteiger charge is 2.75. The Hall–Kier alpha value is -2.56. The molecule has 40 heavy (non-hydrogen) atoms. The number of aliphatic imine (C=N–C) groups is 1. The number of amides is 1. The van der Waals surface area contributed by atoms with E-state index in [2.05, 4.69) is 10.6 Å². The molecule has 5 aliphatic rings. The van der Waals surface area contributed by atoms with Gasteiger partial charge in [-0.3, -0.25) is 9.79 Å². The molecule has 0 unspecified atom stereocenters. The maximum absolute atomic E-state index is 13.9. The van der Waals surface area contributed by atoms with Crippen molar-refractivity contribution in [3.8, 4) is 0 Å². The molecule has 1 heterocycles. The van der Waals surface area contributed by atoms with E-state index in [9.17, 15) is 22.0 Å². The lowest BCUT2D eigenvalue weighted by Crippen LogP contribution is -2.78. The number of rotatable bonds is 9. The fourth-order valence-corrected chi connectivity index (χ4v) is 8.75. The molecule has 2 aromatic rings. The minimum atomic E-state index is -3.79. The van der Waals surface area contributed by atoms with E-state index in [0.29, 0.717) is 24.3 Å². The van der Waals surface area contributed by atoms with E-state index in [1.54, 1.807) is 46.8 Å². The van der Waals surface area contributed by atoms with Crippen LogP contribution in [0.4, 0.5) is 8.78 Å². The van der Waals surface area contributed by atoms with Crippen molar-refractivity contribution in [3.05, 3.63) is 65.2 Å². The number of carbonyl (C=O) groups excluding carboxylic acids is 1. The van der Waals surface area contributed by atoms with Gasteiger partial charge in [0.25, 0.3) is 0 Å². The van der Waals surface area contributed by atoms with Crippen LogP contribution < -0.4 is 10.6 Å². The number of nitrogens with one attached hydrogen (secondary N) is 2. The molecule has 0 spiro atoms. The zero-order chi connectivity index (χ0) is 28.5. The fraction of sp³-hybridized carbons (Fsp3) is 0.517. The number of alkyl halides is 2. The van der Waals surface area contributed by atoms with Crippen LogP contribution in [0.15, 0.2) is 64.5 Å². The van der Waals surface area contributed by atoms with E-state index < -0.39 is 39.5 Å². The summed E-state index contributed by atoms with van der Waals surface area (Å²) in [6, 6.07) is 14.7. The number of benzene rings is 2. The minimum Gasteiger partial charge on any atom is -0.366 e. The lowest BCUT2D eigenvalue weighted by Gasteiger charge is -2.73. The van der Waals surface area contributed by atoms with E-state index in [-0.39, 0.29) is 41.6 Å². The van der Waals surface area contributed by atoms with Crippen LogP contribution in [0, 0.1) is 11.3 Å². The van der Waals surface area contributed by atoms with Gasteiger partial charge in [-0.15, -0.1) is 0 Å². The Labute approximate surface area is 238 Å². The highest BCUT2D eigenvalue weighted by atomic mass is 35.5.